The summed E-state index contributed by atoms with van der Waals surface area (Å²) in [6, 6.07) is 13.2. The number of nitrogens with zero attached hydrogens (tertiary/aromatic N) is 1. The number of carbonyl (C=O) groups is 4. The number of amides is 2. The Hall–Kier alpha value is -3.88. The van der Waals surface area contributed by atoms with Gasteiger partial charge in [0.15, 0.2) is 0 Å². The maximum Gasteiger partial charge on any atom is 0.340 e. The fourth-order valence-electron chi connectivity index (χ4n) is 13.0. The number of fused-ring (bicyclic) bond motifs is 2. The Morgan fingerprint density at radius 3 is 2.27 bits per heavy atom. The van der Waals surface area contributed by atoms with Crippen molar-refractivity contribution in [2.75, 3.05) is 44.5 Å². The van der Waals surface area contributed by atoms with E-state index in [0.29, 0.717) is 13.0 Å². The van der Waals surface area contributed by atoms with Gasteiger partial charge in [-0.3, -0.25) is 19.3 Å². The molecule has 1 saturated heterocycles. The van der Waals surface area contributed by atoms with Gasteiger partial charge in [0.05, 0.1) is 46.9 Å². The second-order valence-corrected chi connectivity index (χ2v) is 17.7. The molecule has 2 aromatic rings. The number of aliphatic hydroxyl groups is 2. The van der Waals surface area contributed by atoms with Gasteiger partial charge >= 0.3 is 11.9 Å². The van der Waals surface area contributed by atoms with Crippen molar-refractivity contribution >= 4 is 35.1 Å². The number of methoxy groups -OCH3 is 2. The monoisotopic (exact) mass is 773 g/mol. The summed E-state index contributed by atoms with van der Waals surface area (Å²) in [6.45, 7) is 7.94. The summed E-state index contributed by atoms with van der Waals surface area (Å²) < 4.78 is 25.0. The van der Waals surface area contributed by atoms with E-state index < -0.39 is 40.5 Å². The van der Waals surface area contributed by atoms with Crippen LogP contribution in [0.4, 0.5) is 11.4 Å². The number of hydrogen-bond donors (Lipinski definition) is 4. The summed E-state index contributed by atoms with van der Waals surface area (Å²) in [6.07, 6.45) is 2.79. The first-order valence-electron chi connectivity index (χ1n) is 20.0. The van der Waals surface area contributed by atoms with Crippen LogP contribution in [-0.4, -0.2) is 108 Å². The Balaban J connectivity index is 1.09. The molecule has 1 aliphatic heterocycles. The van der Waals surface area contributed by atoms with Crippen molar-refractivity contribution in [1.82, 2.24) is 4.90 Å². The number of carbonyl (C=O) groups excluding carboxylic acids is 4. The minimum Gasteiger partial charge on any atom is -0.462 e. The fourth-order valence-corrected chi connectivity index (χ4v) is 13.0. The van der Waals surface area contributed by atoms with E-state index in [4.69, 9.17) is 18.9 Å². The van der Waals surface area contributed by atoms with Gasteiger partial charge < -0.3 is 39.8 Å². The standard InChI is InChI=1S/C43H55N3O10/c1-7-46-21-41(22-55-38(49)25-13-9-11-15-30(25)44-37(48)24-12-8-10-14-29(24)45-39(50)40(3,4)51)17-16-33(54-6)43-27-18-26-31(53-5)20-42(52,28(36(43)46)19-32(41)43)34(27)35(26)56-23(2)47/h8-15,26-28,31-36,51-52H,7,16-22H2,1-6H3,(H,44,48)(H,45,50)/t26?,27-,28?,31+,32-,33+,34-,35+,36?,41+,42+,43?/m1/s1. The van der Waals surface area contributed by atoms with E-state index in [1.807, 2.05) is 0 Å². The zero-order valence-electron chi connectivity index (χ0n) is 33.1. The number of piperidine rings is 1. The minimum atomic E-state index is -1.66. The molecule has 6 fully saturated rings. The number of para-hydroxylation sites is 2. The van der Waals surface area contributed by atoms with Gasteiger partial charge in [0, 0.05) is 68.7 Å². The van der Waals surface area contributed by atoms with Crippen molar-refractivity contribution in [2.45, 2.75) is 95.4 Å². The van der Waals surface area contributed by atoms with Crippen LogP contribution in [0.2, 0.25) is 0 Å². The molecule has 4 N–H and O–H groups in total. The third kappa shape index (κ3) is 5.66. The van der Waals surface area contributed by atoms with Crippen molar-refractivity contribution < 1.29 is 48.3 Å². The van der Waals surface area contributed by atoms with E-state index >= 15 is 0 Å². The molecule has 13 heteroatoms. The zero-order valence-corrected chi connectivity index (χ0v) is 33.1. The van der Waals surface area contributed by atoms with Gasteiger partial charge in [0.2, 0.25) is 0 Å². The Bertz CT molecular complexity index is 1920. The number of benzene rings is 2. The number of rotatable bonds is 11. The molecular formula is C43H55N3O10. The van der Waals surface area contributed by atoms with Crippen LogP contribution in [0.1, 0.15) is 80.5 Å². The van der Waals surface area contributed by atoms with Gasteiger partial charge in [0.25, 0.3) is 11.8 Å². The molecule has 12 atom stereocenters. The topological polar surface area (TPSA) is 173 Å². The Morgan fingerprint density at radius 2 is 1.62 bits per heavy atom. The van der Waals surface area contributed by atoms with Crippen LogP contribution in [-0.2, 0) is 28.5 Å². The smallest absolute Gasteiger partial charge is 0.340 e. The third-order valence-corrected chi connectivity index (χ3v) is 14.9. The molecule has 5 aliphatic carbocycles. The van der Waals surface area contributed by atoms with Crippen molar-refractivity contribution in [3.8, 4) is 0 Å². The van der Waals surface area contributed by atoms with E-state index in [9.17, 15) is 29.4 Å². The molecule has 2 amide bonds. The van der Waals surface area contributed by atoms with Crippen LogP contribution >= 0.6 is 0 Å². The lowest BCUT2D eigenvalue weighted by atomic mass is 9.43. The molecule has 0 radical (unpaired) electrons. The molecule has 5 saturated carbocycles. The number of nitrogens with one attached hydrogen (secondary N) is 2. The Labute approximate surface area is 327 Å². The number of likely N-dealkylation sites (tertiary alicyclic amines) is 1. The highest BCUT2D eigenvalue weighted by molar-refractivity contribution is 6.12. The second-order valence-electron chi connectivity index (χ2n) is 17.7. The maximum atomic E-state index is 14.2. The van der Waals surface area contributed by atoms with Crippen LogP contribution in [0.25, 0.3) is 0 Å². The lowest BCUT2D eigenvalue weighted by Gasteiger charge is -2.69. The van der Waals surface area contributed by atoms with Gasteiger partial charge in [0.1, 0.15) is 11.7 Å². The normalized spacial score (nSPS) is 37.8. The van der Waals surface area contributed by atoms with Crippen LogP contribution in [0.3, 0.4) is 0 Å². The van der Waals surface area contributed by atoms with Crippen LogP contribution < -0.4 is 10.6 Å². The minimum absolute atomic E-state index is 0.0116. The molecule has 1 heterocycles. The molecule has 302 valence electrons. The zero-order chi connectivity index (χ0) is 39.9. The summed E-state index contributed by atoms with van der Waals surface area (Å²) in [5.74, 6) is -2.43. The van der Waals surface area contributed by atoms with E-state index in [0.717, 1.165) is 32.2 Å². The summed E-state index contributed by atoms with van der Waals surface area (Å²) >= 11 is 0. The van der Waals surface area contributed by atoms with Gasteiger partial charge in [-0.15, -0.1) is 0 Å². The van der Waals surface area contributed by atoms with Gasteiger partial charge in [-0.05, 0) is 82.2 Å². The van der Waals surface area contributed by atoms with Crippen molar-refractivity contribution in [1.29, 1.82) is 0 Å². The first kappa shape index (κ1) is 39.0. The molecule has 0 aromatic heterocycles. The first-order valence-corrected chi connectivity index (χ1v) is 20.0. The maximum absolute atomic E-state index is 14.2. The highest BCUT2D eigenvalue weighted by atomic mass is 16.6. The predicted molar refractivity (Wildman–Crippen MR) is 205 cm³/mol. The van der Waals surface area contributed by atoms with E-state index in [2.05, 4.69) is 22.5 Å². The fraction of sp³-hybridized carbons (Fsp3) is 0.628. The molecule has 1 spiro atoms. The average molecular weight is 774 g/mol. The SMILES string of the molecule is CCN1C[C@]2(COC(=O)c3ccccc3NC(=O)c3ccccc3NC(=O)C(C)(C)O)CC[C@H](OC)C34C1C(C[C@@H]32)[C@@]1(O)C[C@H](OC)C2C[C@@H]4[C@@H]1[C@H]2OC(C)=O. The lowest BCUT2D eigenvalue weighted by Crippen LogP contribution is -2.76. The highest BCUT2D eigenvalue weighted by Crippen LogP contribution is 2.79. The van der Waals surface area contributed by atoms with Crippen LogP contribution in [0, 0.1) is 40.4 Å². The molecule has 6 aliphatic rings. The number of hydrogen-bond acceptors (Lipinski definition) is 11. The Kier molecular flexibility index (Phi) is 9.67. The van der Waals surface area contributed by atoms with Crippen molar-refractivity contribution in [3.63, 3.8) is 0 Å². The highest BCUT2D eigenvalue weighted by Gasteiger charge is 2.84. The summed E-state index contributed by atoms with van der Waals surface area (Å²) in [4.78, 5) is 55.4. The van der Waals surface area contributed by atoms with Crippen molar-refractivity contribution in [3.05, 3.63) is 59.7 Å². The summed E-state index contributed by atoms with van der Waals surface area (Å²) in [5.41, 5.74) is -2.72. The molecule has 7 bridgehead atoms. The number of ether oxygens (including phenoxy) is 4. The molecule has 8 rings (SSSR count). The molecular weight excluding hydrogens is 718 g/mol. The quantitative estimate of drug-likeness (QED) is 0.240. The third-order valence-electron chi connectivity index (χ3n) is 14.9. The largest absolute Gasteiger partial charge is 0.462 e. The molecule has 56 heavy (non-hydrogen) atoms. The summed E-state index contributed by atoms with van der Waals surface area (Å²) in [7, 11) is 3.48. The average Bonchev–Trinajstić information content (AvgIpc) is 3.61. The number of anilines is 2. The van der Waals surface area contributed by atoms with Gasteiger partial charge in [-0.2, -0.15) is 0 Å². The van der Waals surface area contributed by atoms with E-state index in [1.165, 1.54) is 20.8 Å². The second kappa shape index (κ2) is 13.9. The van der Waals surface area contributed by atoms with E-state index in [-0.39, 0.29) is 88.3 Å². The Morgan fingerprint density at radius 1 is 0.946 bits per heavy atom. The molecule has 13 nitrogen and oxygen atoms in total. The van der Waals surface area contributed by atoms with Gasteiger partial charge in [-0.1, -0.05) is 31.2 Å². The summed E-state index contributed by atoms with van der Waals surface area (Å²) in [5, 5.41) is 28.7. The first-order chi connectivity index (χ1) is 26.6. The molecule has 4 unspecified atom stereocenters. The van der Waals surface area contributed by atoms with Crippen molar-refractivity contribution in [2.24, 2.45) is 40.4 Å². The van der Waals surface area contributed by atoms with E-state index in [1.54, 1.807) is 62.8 Å². The van der Waals surface area contributed by atoms with Gasteiger partial charge in [-0.25, -0.2) is 4.79 Å². The lowest BCUT2D eigenvalue weighted by molar-refractivity contribution is -0.276. The predicted octanol–water partition coefficient (Wildman–Crippen LogP) is 4.27. The number of esters is 2. The van der Waals surface area contributed by atoms with Crippen LogP contribution in [0.5, 0.6) is 0 Å². The molecule has 2 aromatic carbocycles. The van der Waals surface area contributed by atoms with Crippen LogP contribution in [0.15, 0.2) is 48.5 Å².